The lowest BCUT2D eigenvalue weighted by Gasteiger charge is -2.33. The largest absolute Gasteiger partial charge is 0.381 e. The fraction of sp³-hybridized carbons (Fsp3) is 0.526. The molecule has 0 saturated heterocycles. The third-order valence-corrected chi connectivity index (χ3v) is 4.34. The first-order chi connectivity index (χ1) is 10.5. The highest BCUT2D eigenvalue weighted by molar-refractivity contribution is 7.98. The van der Waals surface area contributed by atoms with Crippen LogP contribution in [0.15, 0.2) is 47.8 Å². The van der Waals surface area contributed by atoms with Crippen LogP contribution in [0, 0.1) is 5.41 Å². The Labute approximate surface area is 146 Å². The van der Waals surface area contributed by atoms with Crippen LogP contribution in [0.25, 0.3) is 0 Å². The van der Waals surface area contributed by atoms with Gasteiger partial charge in [-0.15, -0.1) is 11.8 Å². The van der Waals surface area contributed by atoms with Crippen molar-refractivity contribution in [1.82, 2.24) is 15.6 Å². The van der Waals surface area contributed by atoms with E-state index in [9.17, 15) is 0 Å². The highest BCUT2D eigenvalue weighted by atomic mass is 32.2. The number of hydrogen-bond acceptors (Lipinski definition) is 4. The zero-order valence-electron chi connectivity index (χ0n) is 15.4. The standard InChI is InChI=1S/C19H31N3S/c1-14(12-18(3,4)5)22-19(6,7)15(2)21-13-16-17(23-8)10-9-11-20-16/h9-11,21-22H,1-2,12-13H2,3-8H3. The summed E-state index contributed by atoms with van der Waals surface area (Å²) in [5.74, 6) is 0. The Morgan fingerprint density at radius 2 is 1.87 bits per heavy atom. The molecular formula is C19H31N3S. The highest BCUT2D eigenvalue weighted by Gasteiger charge is 2.23. The van der Waals surface area contributed by atoms with Crippen LogP contribution >= 0.6 is 11.8 Å². The molecule has 0 aliphatic carbocycles. The van der Waals surface area contributed by atoms with Gasteiger partial charge in [0.15, 0.2) is 0 Å². The summed E-state index contributed by atoms with van der Waals surface area (Å²) in [6.07, 6.45) is 4.83. The summed E-state index contributed by atoms with van der Waals surface area (Å²) in [4.78, 5) is 5.64. The Morgan fingerprint density at radius 1 is 1.22 bits per heavy atom. The van der Waals surface area contributed by atoms with Crippen LogP contribution in [0.1, 0.15) is 46.7 Å². The Morgan fingerprint density at radius 3 is 2.43 bits per heavy atom. The van der Waals surface area contributed by atoms with Crippen LogP contribution in [-0.4, -0.2) is 16.8 Å². The van der Waals surface area contributed by atoms with Gasteiger partial charge in [-0.2, -0.15) is 0 Å². The van der Waals surface area contributed by atoms with Gasteiger partial charge in [0, 0.05) is 22.5 Å². The van der Waals surface area contributed by atoms with Gasteiger partial charge in [0.2, 0.25) is 0 Å². The number of nitrogens with one attached hydrogen (secondary N) is 2. The van der Waals surface area contributed by atoms with Crippen LogP contribution < -0.4 is 10.6 Å². The second-order valence-corrected chi connectivity index (χ2v) is 8.42. The molecule has 0 spiro atoms. The molecular weight excluding hydrogens is 302 g/mol. The quantitative estimate of drug-likeness (QED) is 0.675. The molecule has 0 atom stereocenters. The third-order valence-electron chi connectivity index (χ3n) is 3.53. The number of hydrogen-bond donors (Lipinski definition) is 2. The first-order valence-corrected chi connectivity index (χ1v) is 9.15. The lowest BCUT2D eigenvalue weighted by molar-refractivity contribution is 0.373. The normalized spacial score (nSPS) is 11.9. The van der Waals surface area contributed by atoms with E-state index in [0.29, 0.717) is 6.54 Å². The molecule has 4 heteroatoms. The predicted molar refractivity (Wildman–Crippen MR) is 102 cm³/mol. The van der Waals surface area contributed by atoms with Crippen LogP contribution in [0.3, 0.4) is 0 Å². The average Bonchev–Trinajstić information content (AvgIpc) is 2.42. The predicted octanol–water partition coefficient (Wildman–Crippen LogP) is 4.72. The minimum atomic E-state index is -0.267. The average molecular weight is 334 g/mol. The van der Waals surface area contributed by atoms with E-state index in [4.69, 9.17) is 0 Å². The van der Waals surface area contributed by atoms with Crippen molar-refractivity contribution in [3.05, 3.63) is 48.6 Å². The zero-order valence-corrected chi connectivity index (χ0v) is 16.2. The maximum atomic E-state index is 4.45. The Bertz CT molecular complexity index is 556. The van der Waals surface area contributed by atoms with Gasteiger partial charge in [0.05, 0.1) is 17.8 Å². The number of nitrogens with zero attached hydrogens (tertiary/aromatic N) is 1. The van der Waals surface area contributed by atoms with E-state index in [-0.39, 0.29) is 11.0 Å². The molecule has 0 saturated carbocycles. The van der Waals surface area contributed by atoms with Crippen molar-refractivity contribution >= 4 is 11.8 Å². The lowest BCUT2D eigenvalue weighted by Crippen LogP contribution is -2.44. The summed E-state index contributed by atoms with van der Waals surface area (Å²) in [6, 6.07) is 4.05. The smallest absolute Gasteiger partial charge is 0.0729 e. The summed E-state index contributed by atoms with van der Waals surface area (Å²) in [5.41, 5.74) is 2.97. The number of pyridine rings is 1. The van der Waals surface area contributed by atoms with E-state index in [0.717, 1.165) is 23.5 Å². The monoisotopic (exact) mass is 333 g/mol. The number of thioether (sulfide) groups is 1. The molecule has 0 aliphatic rings. The van der Waals surface area contributed by atoms with Gasteiger partial charge in [0.1, 0.15) is 0 Å². The molecule has 0 radical (unpaired) electrons. The van der Waals surface area contributed by atoms with Gasteiger partial charge in [-0.1, -0.05) is 33.9 Å². The second kappa shape index (κ2) is 7.91. The Hall–Kier alpha value is -1.42. The van der Waals surface area contributed by atoms with E-state index in [1.165, 1.54) is 4.90 Å². The van der Waals surface area contributed by atoms with Gasteiger partial charge in [0.25, 0.3) is 0 Å². The van der Waals surface area contributed by atoms with E-state index >= 15 is 0 Å². The molecule has 128 valence electrons. The number of allylic oxidation sites excluding steroid dienone is 1. The van der Waals surface area contributed by atoms with Crippen LogP contribution in [0.5, 0.6) is 0 Å². The summed E-state index contributed by atoms with van der Waals surface area (Å²) in [5, 5.41) is 6.90. The molecule has 1 aromatic rings. The summed E-state index contributed by atoms with van der Waals surface area (Å²) in [6.45, 7) is 19.9. The van der Waals surface area contributed by atoms with E-state index in [1.54, 1.807) is 11.8 Å². The van der Waals surface area contributed by atoms with Crippen molar-refractivity contribution < 1.29 is 0 Å². The Kier molecular flexibility index (Phi) is 6.75. The van der Waals surface area contributed by atoms with Crippen LogP contribution in [0.2, 0.25) is 0 Å². The van der Waals surface area contributed by atoms with Crippen LogP contribution in [0.4, 0.5) is 0 Å². The molecule has 3 nitrogen and oxygen atoms in total. The minimum absolute atomic E-state index is 0.218. The van der Waals surface area contributed by atoms with Crippen molar-refractivity contribution in [2.75, 3.05) is 6.26 Å². The molecule has 0 amide bonds. The summed E-state index contributed by atoms with van der Waals surface area (Å²) >= 11 is 1.71. The molecule has 0 aliphatic heterocycles. The highest BCUT2D eigenvalue weighted by Crippen LogP contribution is 2.24. The zero-order chi connectivity index (χ0) is 17.7. The first kappa shape index (κ1) is 19.6. The lowest BCUT2D eigenvalue weighted by atomic mass is 9.89. The van der Waals surface area contributed by atoms with Crippen molar-refractivity contribution in [2.45, 2.75) is 58.0 Å². The van der Waals surface area contributed by atoms with Gasteiger partial charge in [-0.3, -0.25) is 4.98 Å². The molecule has 23 heavy (non-hydrogen) atoms. The van der Waals surface area contributed by atoms with E-state index < -0.39 is 0 Å². The minimum Gasteiger partial charge on any atom is -0.381 e. The molecule has 1 heterocycles. The first-order valence-electron chi connectivity index (χ1n) is 7.92. The summed E-state index contributed by atoms with van der Waals surface area (Å²) in [7, 11) is 0. The maximum absolute atomic E-state index is 4.45. The van der Waals surface area contributed by atoms with E-state index in [2.05, 4.69) is 75.7 Å². The molecule has 0 unspecified atom stereocenters. The second-order valence-electron chi connectivity index (χ2n) is 7.58. The number of rotatable bonds is 8. The SMILES string of the molecule is C=C(CC(C)(C)C)NC(C)(C)C(=C)NCc1ncccc1SC. The molecule has 2 N–H and O–H groups in total. The van der Waals surface area contributed by atoms with Gasteiger partial charge in [-0.05, 0) is 44.1 Å². The van der Waals surface area contributed by atoms with Crippen molar-refractivity contribution in [1.29, 1.82) is 0 Å². The van der Waals surface area contributed by atoms with E-state index in [1.807, 2.05) is 12.3 Å². The van der Waals surface area contributed by atoms with Gasteiger partial charge in [-0.25, -0.2) is 0 Å². The molecule has 1 aromatic heterocycles. The molecule has 0 fully saturated rings. The van der Waals surface area contributed by atoms with Crippen molar-refractivity contribution in [3.63, 3.8) is 0 Å². The maximum Gasteiger partial charge on any atom is 0.0729 e. The summed E-state index contributed by atoms with van der Waals surface area (Å²) < 4.78 is 0. The fourth-order valence-electron chi connectivity index (χ4n) is 2.35. The van der Waals surface area contributed by atoms with Gasteiger partial charge < -0.3 is 10.6 Å². The van der Waals surface area contributed by atoms with Crippen LogP contribution in [-0.2, 0) is 6.54 Å². The molecule has 1 rings (SSSR count). The Balaban J connectivity index is 2.63. The topological polar surface area (TPSA) is 37.0 Å². The van der Waals surface area contributed by atoms with Crippen molar-refractivity contribution in [2.24, 2.45) is 5.41 Å². The molecule has 0 aromatic carbocycles. The van der Waals surface area contributed by atoms with Gasteiger partial charge >= 0.3 is 0 Å². The fourth-order valence-corrected chi connectivity index (χ4v) is 2.93. The number of aromatic nitrogens is 1. The van der Waals surface area contributed by atoms with Crippen molar-refractivity contribution in [3.8, 4) is 0 Å². The molecule has 0 bridgehead atoms. The third kappa shape index (κ3) is 6.69.